The summed E-state index contributed by atoms with van der Waals surface area (Å²) in [7, 11) is 4.49. The second kappa shape index (κ2) is 15.1. The Morgan fingerprint density at radius 2 is 1.69 bits per heavy atom. The lowest BCUT2D eigenvalue weighted by Gasteiger charge is -2.59. The molecule has 3 N–H and O–H groups in total. The van der Waals surface area contributed by atoms with Crippen LogP contribution in [0.2, 0.25) is 0 Å². The van der Waals surface area contributed by atoms with E-state index in [1.54, 1.807) is 24.3 Å². The van der Waals surface area contributed by atoms with E-state index in [0.717, 1.165) is 42.2 Å². The van der Waals surface area contributed by atoms with Crippen molar-refractivity contribution in [3.05, 3.63) is 68.6 Å². The topological polar surface area (TPSA) is 152 Å². The number of thiophene rings is 2. The number of likely N-dealkylation sites (N-methyl/N-ethyl adjacent to an activating group) is 1. The SMILES string of the molecule is CCCC1O[C@@H]2C[C@H]3[C@@H]4CCC5=CC(=O)C=C[C@]5(C)[C@H]4[C@@H](O)C[C@]3(C)[C@]2(C(=O)CO)O1.C[N+]1(C)[C@@H]2CC(OC(=O)C(O)(c3cccs3)c3cccs3)C[C@H]1[C@@H]1O[C@@H]12.[Br-]. The van der Waals surface area contributed by atoms with Gasteiger partial charge in [-0.15, -0.1) is 22.7 Å². The fourth-order valence-corrected chi connectivity index (χ4v) is 14.7. The summed E-state index contributed by atoms with van der Waals surface area (Å²) >= 11 is 2.74. The Morgan fingerprint density at radius 1 is 1.03 bits per heavy atom. The van der Waals surface area contributed by atoms with Gasteiger partial charge in [-0.1, -0.05) is 51.0 Å². The molecule has 0 radical (unpaired) electrons. The number of morpholine rings is 1. The Labute approximate surface area is 358 Å². The van der Waals surface area contributed by atoms with E-state index < -0.39 is 47.7 Å². The molecule has 2 bridgehead atoms. The average Bonchev–Trinajstić information content (AvgIpc) is 3.64. The molecule has 4 aliphatic carbocycles. The molecule has 2 aromatic heterocycles. The number of Topliss-reactive ketones (excluding diaryl/α,β-unsaturated/α-hetero) is 1. The third-order valence-electron chi connectivity index (χ3n) is 15.7. The molecule has 0 amide bonds. The van der Waals surface area contributed by atoms with Gasteiger partial charge in [0.2, 0.25) is 5.60 Å². The van der Waals surface area contributed by atoms with E-state index in [9.17, 15) is 29.7 Å². The number of hydrogen-bond acceptors (Lipinski definition) is 12. The summed E-state index contributed by atoms with van der Waals surface area (Å²) in [5.74, 6) is -0.534. The Balaban J connectivity index is 0.000000161. The molecule has 316 valence electrons. The van der Waals surface area contributed by atoms with Crippen LogP contribution in [0.1, 0.15) is 81.9 Å². The van der Waals surface area contributed by atoms with Gasteiger partial charge in [-0.25, -0.2) is 4.79 Å². The number of hydrogen-bond donors (Lipinski definition) is 3. The van der Waals surface area contributed by atoms with Crippen molar-refractivity contribution in [1.82, 2.24) is 0 Å². The number of quaternary nitrogens is 1. The maximum Gasteiger partial charge on any atom is 0.349 e. The highest BCUT2D eigenvalue weighted by molar-refractivity contribution is 7.12. The summed E-state index contributed by atoms with van der Waals surface area (Å²) in [4.78, 5) is 39.5. The standard InChI is InChI=1S/C25H34O6.C19H22NO4S2.BrH/c1-4-5-21-30-20-11-17-16-7-6-14-10-15(27)8-9-23(14,2)22(16)18(28)12-24(17,3)25(20,31-21)19(29)13-26;1-20(2)12-9-11(10-13(20)17-16(12)24-17)23-18(21)19(22,14-5-3-7-25-14)15-6-4-8-26-15;/h8-10,16-18,20-22,26,28H,4-7,11-13H2,1-3H3;3-8,11-13,16-17,22H,9-10H2,1-2H3;1H/q;+1;/p-1/t16-,17-,18-,20+,21?,22+,23-,24-,25+;11?,12-,13+,16-,17+;/m0../s1. The second-order valence-corrected chi connectivity index (χ2v) is 20.6. The van der Waals surface area contributed by atoms with Gasteiger partial charge in [0, 0.05) is 29.6 Å². The number of allylic oxidation sites excluding steroid dienone is 4. The first-order chi connectivity index (χ1) is 27.1. The maximum absolute atomic E-state index is 13.2. The van der Waals surface area contributed by atoms with Crippen LogP contribution in [0.3, 0.4) is 0 Å². The minimum Gasteiger partial charge on any atom is -1.00 e. The fraction of sp³-hybridized carbons (Fsp3) is 0.659. The van der Waals surface area contributed by atoms with E-state index in [1.165, 1.54) is 22.7 Å². The summed E-state index contributed by atoms with van der Waals surface area (Å²) in [6.45, 7) is 5.67. The molecule has 14 atom stereocenters. The minimum atomic E-state index is -1.72. The fourth-order valence-electron chi connectivity index (χ4n) is 13.0. The van der Waals surface area contributed by atoms with Crippen LogP contribution < -0.4 is 17.0 Å². The molecule has 0 aromatic carbocycles. The normalized spacial score (nSPS) is 42.3. The smallest absolute Gasteiger partial charge is 0.349 e. The van der Waals surface area contributed by atoms with E-state index in [2.05, 4.69) is 34.9 Å². The monoisotopic (exact) mass is 901 g/mol. The number of ether oxygens (including phenoxy) is 4. The molecule has 4 aliphatic heterocycles. The van der Waals surface area contributed by atoms with E-state index in [-0.39, 0.29) is 57.8 Å². The van der Waals surface area contributed by atoms with Crippen molar-refractivity contribution in [3.8, 4) is 0 Å². The van der Waals surface area contributed by atoms with Crippen LogP contribution in [0.4, 0.5) is 0 Å². The van der Waals surface area contributed by atoms with Gasteiger partial charge in [0.25, 0.3) is 0 Å². The number of halogens is 1. The van der Waals surface area contributed by atoms with E-state index in [4.69, 9.17) is 18.9 Å². The number of epoxide rings is 1. The predicted molar refractivity (Wildman–Crippen MR) is 212 cm³/mol. The summed E-state index contributed by atoms with van der Waals surface area (Å²) in [6, 6.07) is 8.01. The average molecular weight is 903 g/mol. The number of carbonyl (C=O) groups is 3. The number of carbonyl (C=O) groups excluding carboxylic acids is 3. The van der Waals surface area contributed by atoms with Crippen LogP contribution in [-0.4, -0.2) is 113 Å². The van der Waals surface area contributed by atoms with E-state index >= 15 is 0 Å². The molecule has 0 spiro atoms. The van der Waals surface area contributed by atoms with Crippen molar-refractivity contribution in [2.24, 2.45) is 28.6 Å². The molecule has 58 heavy (non-hydrogen) atoms. The number of esters is 1. The third kappa shape index (κ3) is 6.12. The molecule has 6 heterocycles. The predicted octanol–water partition coefficient (Wildman–Crippen LogP) is 2.07. The van der Waals surface area contributed by atoms with E-state index in [1.807, 2.05) is 29.0 Å². The van der Waals surface area contributed by atoms with Gasteiger partial charge in [-0.05, 0) is 79.0 Å². The Bertz CT molecular complexity index is 1910. The highest BCUT2D eigenvalue weighted by atomic mass is 79.9. The lowest BCUT2D eigenvalue weighted by molar-refractivity contribution is -0.938. The van der Waals surface area contributed by atoms with Crippen LogP contribution in [0.5, 0.6) is 0 Å². The number of fused-ring (bicyclic) bond motifs is 12. The zero-order valence-electron chi connectivity index (χ0n) is 33.8. The van der Waals surface area contributed by atoms with Crippen molar-refractivity contribution in [1.29, 1.82) is 0 Å². The molecular formula is C44H56BrNO10S2. The van der Waals surface area contributed by atoms with Crippen LogP contribution in [0, 0.1) is 28.6 Å². The van der Waals surface area contributed by atoms with Crippen LogP contribution >= 0.6 is 22.7 Å². The number of rotatable bonds is 8. The summed E-state index contributed by atoms with van der Waals surface area (Å²) < 4.78 is 25.3. The number of aliphatic hydroxyl groups is 3. The van der Waals surface area contributed by atoms with Crippen molar-refractivity contribution in [3.63, 3.8) is 0 Å². The molecule has 7 fully saturated rings. The minimum absolute atomic E-state index is 0. The lowest BCUT2D eigenvalue weighted by Crippen LogP contribution is -3.00. The van der Waals surface area contributed by atoms with Crippen molar-refractivity contribution >= 4 is 40.2 Å². The zero-order valence-corrected chi connectivity index (χ0v) is 37.0. The Morgan fingerprint density at radius 3 is 2.28 bits per heavy atom. The molecule has 11 nitrogen and oxygen atoms in total. The molecule has 2 unspecified atom stereocenters. The zero-order chi connectivity index (χ0) is 40.3. The first-order valence-corrected chi connectivity index (χ1v) is 22.5. The van der Waals surface area contributed by atoms with Gasteiger partial charge in [0.05, 0.1) is 36.1 Å². The van der Waals surface area contributed by atoms with Gasteiger partial charge in [0.1, 0.15) is 37.0 Å². The molecule has 8 aliphatic rings. The Kier molecular flexibility index (Phi) is 11.1. The number of piperidine rings is 1. The molecule has 4 saturated heterocycles. The molecule has 3 saturated carbocycles. The number of ketones is 2. The van der Waals surface area contributed by atoms with Crippen molar-refractivity contribution in [2.45, 2.75) is 132 Å². The van der Waals surface area contributed by atoms with Gasteiger partial charge in [0.15, 0.2) is 23.5 Å². The van der Waals surface area contributed by atoms with Crippen LogP contribution in [0.25, 0.3) is 0 Å². The summed E-state index contributed by atoms with van der Waals surface area (Å²) in [6.07, 6.45) is 10.4. The summed E-state index contributed by atoms with van der Waals surface area (Å²) in [5, 5.41) is 36.5. The summed E-state index contributed by atoms with van der Waals surface area (Å²) in [5.41, 5.74) is -2.77. The number of nitrogens with zero attached hydrogens (tertiary/aromatic N) is 1. The molecule has 14 heteroatoms. The highest BCUT2D eigenvalue weighted by Gasteiger charge is 2.76. The highest BCUT2D eigenvalue weighted by Crippen LogP contribution is 2.69. The first-order valence-electron chi connectivity index (χ1n) is 20.7. The number of aliphatic hydroxyl groups excluding tert-OH is 2. The van der Waals surface area contributed by atoms with Gasteiger partial charge < -0.3 is 55.7 Å². The third-order valence-corrected chi connectivity index (χ3v) is 17.7. The Hall–Kier alpha value is -2.11. The largest absolute Gasteiger partial charge is 1.00 e. The van der Waals surface area contributed by atoms with Crippen LogP contribution in [-0.2, 0) is 38.9 Å². The van der Waals surface area contributed by atoms with Crippen molar-refractivity contribution < 1.29 is 70.1 Å². The van der Waals surface area contributed by atoms with Crippen molar-refractivity contribution in [2.75, 3.05) is 20.7 Å². The van der Waals surface area contributed by atoms with Gasteiger partial charge in [-0.3, -0.25) is 9.59 Å². The van der Waals surface area contributed by atoms with E-state index in [0.29, 0.717) is 53.3 Å². The molecular weight excluding hydrogens is 847 g/mol. The lowest BCUT2D eigenvalue weighted by atomic mass is 9.46. The second-order valence-electron chi connectivity index (χ2n) is 18.7. The van der Waals surface area contributed by atoms with Gasteiger partial charge in [-0.2, -0.15) is 0 Å². The quantitative estimate of drug-likeness (QED) is 0.204. The first kappa shape index (κ1) is 42.6. The molecule has 2 aromatic rings. The molecule has 10 rings (SSSR count). The maximum atomic E-state index is 13.2. The van der Waals surface area contributed by atoms with Gasteiger partial charge >= 0.3 is 5.97 Å². The van der Waals surface area contributed by atoms with Crippen LogP contribution in [0.15, 0.2) is 58.8 Å².